The smallest absolute Gasteiger partial charge is 0.371 e. The second kappa shape index (κ2) is 7.22. The minimum Gasteiger partial charge on any atom is -0.475 e. The van der Waals surface area contributed by atoms with Crippen LogP contribution >= 0.6 is 0 Å². The monoisotopic (exact) mass is 267 g/mol. The van der Waals surface area contributed by atoms with Crippen LogP contribution in [0.15, 0.2) is 16.5 Å². The molecule has 1 rings (SSSR count). The highest BCUT2D eigenvalue weighted by Crippen LogP contribution is 2.21. The van der Waals surface area contributed by atoms with E-state index in [1.807, 2.05) is 0 Å². The average Bonchev–Trinajstić information content (AvgIpc) is 2.77. The maximum atomic E-state index is 10.9. The van der Waals surface area contributed by atoms with E-state index in [-0.39, 0.29) is 5.76 Å². The van der Waals surface area contributed by atoms with Crippen LogP contribution in [0.5, 0.6) is 0 Å². The lowest BCUT2D eigenvalue weighted by Crippen LogP contribution is -2.27. The minimum atomic E-state index is -1.01. The number of hydrogen-bond donors (Lipinski definition) is 1. The molecule has 0 amide bonds. The van der Waals surface area contributed by atoms with E-state index in [4.69, 9.17) is 9.52 Å². The standard InChI is InChI=1S/C15H25NO3/c1-11(2)7-9-16(10-8-12(3)4)14-6-5-13(19-14)15(17)18/h5-6,11-12H,7-10H2,1-4H3,(H,17,18). The predicted octanol–water partition coefficient (Wildman–Crippen LogP) is 3.88. The number of hydrogen-bond acceptors (Lipinski definition) is 3. The second-order valence-electron chi connectivity index (χ2n) is 5.80. The molecule has 1 N–H and O–H groups in total. The summed E-state index contributed by atoms with van der Waals surface area (Å²) in [7, 11) is 0. The van der Waals surface area contributed by atoms with Gasteiger partial charge in [-0.3, -0.25) is 0 Å². The molecule has 4 heteroatoms. The van der Waals surface area contributed by atoms with Crippen LogP contribution in [0.1, 0.15) is 51.1 Å². The Labute approximate surface area is 115 Å². The maximum Gasteiger partial charge on any atom is 0.371 e. The number of carboxylic acids is 1. The normalized spacial score (nSPS) is 11.3. The first kappa shape index (κ1) is 15.6. The van der Waals surface area contributed by atoms with Crippen molar-refractivity contribution in [2.75, 3.05) is 18.0 Å². The lowest BCUT2D eigenvalue weighted by molar-refractivity contribution is 0.0663. The molecule has 0 saturated carbocycles. The Bertz CT molecular complexity index is 384. The van der Waals surface area contributed by atoms with Crippen molar-refractivity contribution < 1.29 is 14.3 Å². The van der Waals surface area contributed by atoms with Crippen LogP contribution in [-0.2, 0) is 0 Å². The van der Waals surface area contributed by atoms with Crippen LogP contribution in [0.4, 0.5) is 5.88 Å². The Morgan fingerprint density at radius 1 is 1.16 bits per heavy atom. The van der Waals surface area contributed by atoms with Crippen molar-refractivity contribution in [2.24, 2.45) is 11.8 Å². The van der Waals surface area contributed by atoms with Gasteiger partial charge >= 0.3 is 5.97 Å². The Morgan fingerprint density at radius 2 is 1.68 bits per heavy atom. The molecule has 1 aromatic rings. The van der Waals surface area contributed by atoms with E-state index in [1.165, 1.54) is 6.07 Å². The van der Waals surface area contributed by atoms with Gasteiger partial charge in [-0.2, -0.15) is 0 Å². The van der Waals surface area contributed by atoms with Gasteiger partial charge in [0.25, 0.3) is 0 Å². The van der Waals surface area contributed by atoms with E-state index in [2.05, 4.69) is 32.6 Å². The van der Waals surface area contributed by atoms with Crippen molar-refractivity contribution in [2.45, 2.75) is 40.5 Å². The summed E-state index contributed by atoms with van der Waals surface area (Å²) in [6.07, 6.45) is 2.14. The van der Waals surface area contributed by atoms with Gasteiger partial charge in [-0.1, -0.05) is 27.7 Å². The number of carbonyl (C=O) groups is 1. The topological polar surface area (TPSA) is 53.7 Å². The fourth-order valence-corrected chi connectivity index (χ4v) is 1.77. The molecular formula is C15H25NO3. The molecule has 0 saturated heterocycles. The highest BCUT2D eigenvalue weighted by molar-refractivity contribution is 5.84. The van der Waals surface area contributed by atoms with Crippen molar-refractivity contribution >= 4 is 11.9 Å². The fourth-order valence-electron chi connectivity index (χ4n) is 1.77. The summed E-state index contributed by atoms with van der Waals surface area (Å²) >= 11 is 0. The predicted molar refractivity (Wildman–Crippen MR) is 76.8 cm³/mol. The first-order chi connectivity index (χ1) is 8.90. The van der Waals surface area contributed by atoms with Crippen LogP contribution in [-0.4, -0.2) is 24.2 Å². The van der Waals surface area contributed by atoms with Gasteiger partial charge in [0.2, 0.25) is 5.76 Å². The Hall–Kier alpha value is -1.45. The molecule has 0 fully saturated rings. The first-order valence-electron chi connectivity index (χ1n) is 6.98. The molecule has 0 aromatic carbocycles. The molecule has 0 spiro atoms. The van der Waals surface area contributed by atoms with E-state index < -0.39 is 5.97 Å². The van der Waals surface area contributed by atoms with Crippen LogP contribution < -0.4 is 4.90 Å². The van der Waals surface area contributed by atoms with E-state index in [0.29, 0.717) is 17.7 Å². The molecule has 108 valence electrons. The Balaban J connectivity index is 2.72. The van der Waals surface area contributed by atoms with Crippen molar-refractivity contribution in [3.05, 3.63) is 17.9 Å². The summed E-state index contributed by atoms with van der Waals surface area (Å²) in [6.45, 7) is 10.5. The molecule has 0 aliphatic carbocycles. The molecule has 0 unspecified atom stereocenters. The summed E-state index contributed by atoms with van der Waals surface area (Å²) in [5.74, 6) is 0.901. The van der Waals surface area contributed by atoms with Crippen molar-refractivity contribution in [1.29, 1.82) is 0 Å². The second-order valence-corrected chi connectivity index (χ2v) is 5.80. The Kier molecular flexibility index (Phi) is 5.93. The Morgan fingerprint density at radius 3 is 2.05 bits per heavy atom. The van der Waals surface area contributed by atoms with Crippen LogP contribution in [0.25, 0.3) is 0 Å². The molecule has 19 heavy (non-hydrogen) atoms. The van der Waals surface area contributed by atoms with Gasteiger partial charge < -0.3 is 14.4 Å². The van der Waals surface area contributed by atoms with Gasteiger partial charge in [-0.25, -0.2) is 4.79 Å². The fraction of sp³-hybridized carbons (Fsp3) is 0.667. The zero-order valence-electron chi connectivity index (χ0n) is 12.3. The zero-order chi connectivity index (χ0) is 14.4. The van der Waals surface area contributed by atoms with Gasteiger partial charge in [-0.05, 0) is 30.7 Å². The van der Waals surface area contributed by atoms with Crippen molar-refractivity contribution in [1.82, 2.24) is 0 Å². The highest BCUT2D eigenvalue weighted by atomic mass is 16.4. The number of nitrogens with zero attached hydrogens (tertiary/aromatic N) is 1. The van der Waals surface area contributed by atoms with Crippen LogP contribution in [0, 0.1) is 11.8 Å². The molecule has 1 aromatic heterocycles. The quantitative estimate of drug-likeness (QED) is 0.776. The summed E-state index contributed by atoms with van der Waals surface area (Å²) in [5, 5.41) is 8.90. The first-order valence-corrected chi connectivity index (χ1v) is 6.98. The molecule has 0 aliphatic rings. The summed E-state index contributed by atoms with van der Waals surface area (Å²) in [6, 6.07) is 3.28. The summed E-state index contributed by atoms with van der Waals surface area (Å²) in [5.41, 5.74) is 0. The zero-order valence-corrected chi connectivity index (χ0v) is 12.3. The molecule has 1 heterocycles. The molecule has 0 bridgehead atoms. The number of carboxylic acid groups (broad SMARTS) is 1. The number of furan rings is 1. The van der Waals surface area contributed by atoms with Gasteiger partial charge in [0, 0.05) is 19.2 Å². The lowest BCUT2D eigenvalue weighted by Gasteiger charge is -2.23. The number of aromatic carboxylic acids is 1. The number of rotatable bonds is 8. The lowest BCUT2D eigenvalue weighted by atomic mass is 10.1. The summed E-state index contributed by atoms with van der Waals surface area (Å²) in [4.78, 5) is 13.0. The van der Waals surface area contributed by atoms with Gasteiger partial charge in [0.15, 0.2) is 5.88 Å². The third-order valence-electron chi connectivity index (χ3n) is 3.07. The minimum absolute atomic E-state index is 0.00842. The van der Waals surface area contributed by atoms with Gasteiger partial charge in [0.05, 0.1) is 0 Å². The third-order valence-corrected chi connectivity index (χ3v) is 3.07. The highest BCUT2D eigenvalue weighted by Gasteiger charge is 2.15. The van der Waals surface area contributed by atoms with E-state index in [9.17, 15) is 4.79 Å². The van der Waals surface area contributed by atoms with Crippen molar-refractivity contribution in [3.8, 4) is 0 Å². The largest absolute Gasteiger partial charge is 0.475 e. The van der Waals surface area contributed by atoms with Gasteiger partial charge in [-0.15, -0.1) is 0 Å². The van der Waals surface area contributed by atoms with Crippen LogP contribution in [0.3, 0.4) is 0 Å². The number of anilines is 1. The molecule has 4 nitrogen and oxygen atoms in total. The summed E-state index contributed by atoms with van der Waals surface area (Å²) < 4.78 is 5.40. The van der Waals surface area contributed by atoms with Gasteiger partial charge in [0.1, 0.15) is 0 Å². The van der Waals surface area contributed by atoms with E-state index in [0.717, 1.165) is 25.9 Å². The average molecular weight is 267 g/mol. The van der Waals surface area contributed by atoms with E-state index >= 15 is 0 Å². The third kappa shape index (κ3) is 5.37. The molecule has 0 atom stereocenters. The molecular weight excluding hydrogens is 242 g/mol. The molecule has 0 aliphatic heterocycles. The molecule has 0 radical (unpaired) electrons. The van der Waals surface area contributed by atoms with Crippen molar-refractivity contribution in [3.63, 3.8) is 0 Å². The van der Waals surface area contributed by atoms with Crippen LogP contribution in [0.2, 0.25) is 0 Å². The SMILES string of the molecule is CC(C)CCN(CCC(C)C)c1ccc(C(=O)O)o1. The maximum absolute atomic E-state index is 10.9. The van der Waals surface area contributed by atoms with E-state index in [1.54, 1.807) is 6.07 Å².